The Morgan fingerprint density at radius 3 is 2.42 bits per heavy atom. The standard InChI is InChI=1S/C14H16Cl2N2O/c15-12-6-5-10(13(16)18-12)14(19)17-7-11(8-1-2-8)9-3-4-9/h5-6,8-9,11H,1-4,7H2,(H,17,19). The van der Waals surface area contributed by atoms with Crippen LogP contribution in [0, 0.1) is 17.8 Å². The van der Waals surface area contributed by atoms with Crippen LogP contribution in [0.3, 0.4) is 0 Å². The fourth-order valence-corrected chi connectivity index (χ4v) is 3.08. The summed E-state index contributed by atoms with van der Waals surface area (Å²) in [5.41, 5.74) is 0.399. The summed E-state index contributed by atoms with van der Waals surface area (Å²) in [6.45, 7) is 0.757. The van der Waals surface area contributed by atoms with Crippen molar-refractivity contribution in [3.05, 3.63) is 28.0 Å². The van der Waals surface area contributed by atoms with Crippen LogP contribution in [0.4, 0.5) is 0 Å². The normalized spacial score (nSPS) is 18.7. The van der Waals surface area contributed by atoms with Crippen LogP contribution < -0.4 is 5.32 Å². The van der Waals surface area contributed by atoms with Crippen molar-refractivity contribution in [1.82, 2.24) is 10.3 Å². The molecule has 0 radical (unpaired) electrons. The van der Waals surface area contributed by atoms with E-state index in [0.717, 1.165) is 18.4 Å². The van der Waals surface area contributed by atoms with Crippen LogP contribution in [-0.4, -0.2) is 17.4 Å². The van der Waals surface area contributed by atoms with E-state index >= 15 is 0 Å². The van der Waals surface area contributed by atoms with Gasteiger partial charge in [0.15, 0.2) is 0 Å². The number of hydrogen-bond donors (Lipinski definition) is 1. The third kappa shape index (κ3) is 3.21. The van der Waals surface area contributed by atoms with Gasteiger partial charge >= 0.3 is 0 Å². The molecule has 1 heterocycles. The first-order valence-corrected chi connectivity index (χ1v) is 7.51. The average molecular weight is 299 g/mol. The lowest BCUT2D eigenvalue weighted by atomic mass is 9.98. The molecule has 102 valence electrons. The molecule has 0 aliphatic heterocycles. The molecule has 2 fully saturated rings. The Hall–Kier alpha value is -0.800. The van der Waals surface area contributed by atoms with Crippen molar-refractivity contribution in [2.75, 3.05) is 6.54 Å². The van der Waals surface area contributed by atoms with Crippen molar-refractivity contribution in [2.45, 2.75) is 25.7 Å². The Morgan fingerprint density at radius 2 is 1.89 bits per heavy atom. The SMILES string of the molecule is O=C(NCC(C1CC1)C1CC1)c1ccc(Cl)nc1Cl. The molecular formula is C14H16Cl2N2O. The number of pyridine rings is 1. The van der Waals surface area contributed by atoms with E-state index in [1.807, 2.05) is 0 Å². The van der Waals surface area contributed by atoms with Gasteiger partial charge in [0, 0.05) is 6.54 Å². The molecule has 3 nitrogen and oxygen atoms in total. The van der Waals surface area contributed by atoms with Crippen LogP contribution in [0.1, 0.15) is 36.0 Å². The Balaban J connectivity index is 1.61. The van der Waals surface area contributed by atoms with E-state index in [1.54, 1.807) is 12.1 Å². The minimum atomic E-state index is -0.152. The third-order valence-corrected chi connectivity index (χ3v) is 4.51. The molecule has 0 aromatic carbocycles. The Morgan fingerprint density at radius 1 is 1.26 bits per heavy atom. The molecule has 5 heteroatoms. The smallest absolute Gasteiger partial charge is 0.254 e. The van der Waals surface area contributed by atoms with Crippen molar-refractivity contribution in [3.63, 3.8) is 0 Å². The van der Waals surface area contributed by atoms with Gasteiger partial charge in [-0.25, -0.2) is 4.98 Å². The molecular weight excluding hydrogens is 283 g/mol. The molecule has 0 saturated heterocycles. The lowest BCUT2D eigenvalue weighted by Crippen LogP contribution is -2.31. The van der Waals surface area contributed by atoms with Gasteiger partial charge in [0.05, 0.1) is 5.56 Å². The van der Waals surface area contributed by atoms with Crippen LogP contribution in [-0.2, 0) is 0 Å². The van der Waals surface area contributed by atoms with Crippen LogP contribution in [0.15, 0.2) is 12.1 Å². The molecule has 3 rings (SSSR count). The largest absolute Gasteiger partial charge is 0.352 e. The fourth-order valence-electron chi connectivity index (χ4n) is 2.65. The molecule has 0 bridgehead atoms. The topological polar surface area (TPSA) is 42.0 Å². The van der Waals surface area contributed by atoms with Crippen molar-refractivity contribution in [1.29, 1.82) is 0 Å². The molecule has 1 aromatic rings. The number of nitrogens with zero attached hydrogens (tertiary/aromatic N) is 1. The lowest BCUT2D eigenvalue weighted by Gasteiger charge is -2.16. The fraction of sp³-hybridized carbons (Fsp3) is 0.571. The summed E-state index contributed by atoms with van der Waals surface area (Å²) in [6, 6.07) is 3.21. The summed E-state index contributed by atoms with van der Waals surface area (Å²) in [7, 11) is 0. The zero-order chi connectivity index (χ0) is 13.4. The van der Waals surface area contributed by atoms with Crippen molar-refractivity contribution in [3.8, 4) is 0 Å². The molecule has 2 saturated carbocycles. The number of nitrogens with one attached hydrogen (secondary N) is 1. The van der Waals surface area contributed by atoms with Gasteiger partial charge in [-0.05, 0) is 55.6 Å². The van der Waals surface area contributed by atoms with E-state index in [1.165, 1.54) is 25.7 Å². The molecule has 2 aliphatic carbocycles. The maximum atomic E-state index is 12.1. The average Bonchev–Trinajstić information content (AvgIpc) is 3.23. The van der Waals surface area contributed by atoms with Gasteiger partial charge in [0.25, 0.3) is 5.91 Å². The molecule has 0 atom stereocenters. The number of carbonyl (C=O) groups excluding carboxylic acids is 1. The molecule has 2 aliphatic rings. The monoisotopic (exact) mass is 298 g/mol. The van der Waals surface area contributed by atoms with Gasteiger partial charge in [-0.1, -0.05) is 23.2 Å². The van der Waals surface area contributed by atoms with Gasteiger partial charge in [-0.15, -0.1) is 0 Å². The maximum Gasteiger partial charge on any atom is 0.254 e. The number of halogens is 2. The summed E-state index contributed by atoms with van der Waals surface area (Å²) in [5, 5.41) is 3.46. The maximum absolute atomic E-state index is 12.1. The van der Waals surface area contributed by atoms with E-state index in [0.29, 0.717) is 16.6 Å². The zero-order valence-electron chi connectivity index (χ0n) is 10.5. The van der Waals surface area contributed by atoms with Crippen LogP contribution in [0.5, 0.6) is 0 Å². The second kappa shape index (κ2) is 5.29. The zero-order valence-corrected chi connectivity index (χ0v) is 12.0. The number of aromatic nitrogens is 1. The van der Waals surface area contributed by atoms with E-state index < -0.39 is 0 Å². The quantitative estimate of drug-likeness (QED) is 0.845. The molecule has 19 heavy (non-hydrogen) atoms. The van der Waals surface area contributed by atoms with E-state index in [9.17, 15) is 4.79 Å². The first-order valence-electron chi connectivity index (χ1n) is 6.75. The van der Waals surface area contributed by atoms with E-state index in [4.69, 9.17) is 23.2 Å². The molecule has 0 unspecified atom stereocenters. The van der Waals surface area contributed by atoms with Gasteiger partial charge in [0.1, 0.15) is 10.3 Å². The van der Waals surface area contributed by atoms with Gasteiger partial charge in [0.2, 0.25) is 0 Å². The first-order chi connectivity index (χ1) is 9.15. The summed E-state index contributed by atoms with van der Waals surface area (Å²) >= 11 is 11.7. The Bertz CT molecular complexity index is 486. The Labute approximate surface area is 122 Å². The highest BCUT2D eigenvalue weighted by atomic mass is 35.5. The minimum absolute atomic E-state index is 0.152. The molecule has 0 spiro atoms. The number of amides is 1. The van der Waals surface area contributed by atoms with Crippen molar-refractivity contribution >= 4 is 29.1 Å². The molecule has 1 amide bonds. The van der Waals surface area contributed by atoms with Crippen LogP contribution in [0.25, 0.3) is 0 Å². The predicted octanol–water partition coefficient (Wildman–Crippen LogP) is 3.55. The third-order valence-electron chi connectivity index (χ3n) is 4.01. The second-order valence-electron chi connectivity index (χ2n) is 5.52. The van der Waals surface area contributed by atoms with Crippen LogP contribution in [0.2, 0.25) is 10.3 Å². The van der Waals surface area contributed by atoms with Gasteiger partial charge in [-0.2, -0.15) is 0 Å². The highest BCUT2D eigenvalue weighted by Crippen LogP contribution is 2.48. The first kappa shape index (κ1) is 13.2. The van der Waals surface area contributed by atoms with Crippen molar-refractivity contribution < 1.29 is 4.79 Å². The lowest BCUT2D eigenvalue weighted by molar-refractivity contribution is 0.0943. The highest BCUT2D eigenvalue weighted by molar-refractivity contribution is 6.34. The van der Waals surface area contributed by atoms with Crippen LogP contribution >= 0.6 is 23.2 Å². The highest BCUT2D eigenvalue weighted by Gasteiger charge is 2.41. The number of carbonyl (C=O) groups is 1. The summed E-state index contributed by atoms with van der Waals surface area (Å²) < 4.78 is 0. The number of hydrogen-bond acceptors (Lipinski definition) is 2. The van der Waals surface area contributed by atoms with Crippen molar-refractivity contribution in [2.24, 2.45) is 17.8 Å². The second-order valence-corrected chi connectivity index (χ2v) is 6.27. The summed E-state index contributed by atoms with van der Waals surface area (Å²) in [6.07, 6.45) is 5.28. The van der Waals surface area contributed by atoms with E-state index in [-0.39, 0.29) is 11.1 Å². The Kier molecular flexibility index (Phi) is 3.68. The van der Waals surface area contributed by atoms with Gasteiger partial charge < -0.3 is 5.32 Å². The summed E-state index contributed by atoms with van der Waals surface area (Å²) in [5.74, 6) is 2.15. The summed E-state index contributed by atoms with van der Waals surface area (Å²) in [4.78, 5) is 16.0. The number of rotatable bonds is 5. The predicted molar refractivity (Wildman–Crippen MR) is 75.5 cm³/mol. The van der Waals surface area contributed by atoms with Gasteiger partial charge in [-0.3, -0.25) is 4.79 Å². The molecule has 1 aromatic heterocycles. The molecule has 1 N–H and O–H groups in total. The minimum Gasteiger partial charge on any atom is -0.352 e. The van der Waals surface area contributed by atoms with E-state index in [2.05, 4.69) is 10.3 Å².